The van der Waals surface area contributed by atoms with Crippen LogP contribution in [-0.2, 0) is 10.0 Å². The molecule has 3 nitrogen and oxygen atoms in total. The summed E-state index contributed by atoms with van der Waals surface area (Å²) in [6.45, 7) is 2.63. The molecule has 0 fully saturated rings. The van der Waals surface area contributed by atoms with Gasteiger partial charge in [0.25, 0.3) is 0 Å². The molecule has 1 unspecified atom stereocenters. The van der Waals surface area contributed by atoms with Crippen LogP contribution in [0.4, 0.5) is 0 Å². The van der Waals surface area contributed by atoms with Crippen LogP contribution in [0.1, 0.15) is 19.8 Å². The molecule has 1 heterocycles. The van der Waals surface area contributed by atoms with Crippen molar-refractivity contribution in [2.45, 2.75) is 24.0 Å². The van der Waals surface area contributed by atoms with Crippen molar-refractivity contribution in [3.63, 3.8) is 0 Å². The molecule has 1 N–H and O–H groups in total. The maximum atomic E-state index is 11.8. The fourth-order valence-electron chi connectivity index (χ4n) is 1.25. The second-order valence-corrected chi connectivity index (χ2v) is 8.96. The minimum Gasteiger partial charge on any atom is -0.210 e. The monoisotopic (exact) mass is 403 g/mol. The molecule has 1 aromatic heterocycles. The van der Waals surface area contributed by atoms with Gasteiger partial charge in [0.15, 0.2) is 0 Å². The van der Waals surface area contributed by atoms with Crippen LogP contribution in [0.15, 0.2) is 20.1 Å². The van der Waals surface area contributed by atoms with Gasteiger partial charge in [0.05, 0.1) is 3.79 Å². The van der Waals surface area contributed by atoms with E-state index >= 15 is 0 Å². The predicted octanol–water partition coefficient (Wildman–Crippen LogP) is 3.60. The molecule has 98 valence electrons. The lowest BCUT2D eigenvalue weighted by Crippen LogP contribution is -2.24. The van der Waals surface area contributed by atoms with Gasteiger partial charge in [-0.05, 0) is 46.8 Å². The molecular weight excluding hydrogens is 390 g/mol. The van der Waals surface area contributed by atoms with Gasteiger partial charge in [0.2, 0.25) is 10.0 Å². The molecule has 0 aliphatic rings. The van der Waals surface area contributed by atoms with Crippen molar-refractivity contribution >= 4 is 53.2 Å². The maximum absolute atomic E-state index is 11.8. The number of hydrogen-bond acceptors (Lipinski definition) is 3. The summed E-state index contributed by atoms with van der Waals surface area (Å²) in [6, 6.07) is 3.35. The third kappa shape index (κ3) is 5.38. The topological polar surface area (TPSA) is 46.2 Å². The molecule has 0 saturated carbocycles. The third-order valence-corrected chi connectivity index (χ3v) is 6.92. The Balaban J connectivity index is 2.41. The molecule has 0 amide bonds. The molecule has 0 radical (unpaired) electrons. The molecule has 17 heavy (non-hydrogen) atoms. The summed E-state index contributed by atoms with van der Waals surface area (Å²) in [4.78, 5) is 0. The second kappa shape index (κ2) is 7.23. The van der Waals surface area contributed by atoms with E-state index in [0.29, 0.717) is 16.7 Å². The van der Waals surface area contributed by atoms with Crippen LogP contribution in [0.25, 0.3) is 0 Å². The van der Waals surface area contributed by atoms with E-state index in [1.807, 2.05) is 0 Å². The van der Waals surface area contributed by atoms with Crippen molar-refractivity contribution in [3.05, 3.63) is 15.9 Å². The molecule has 0 aromatic carbocycles. The molecule has 0 spiro atoms. The number of sulfonamides is 1. The Morgan fingerprint density at radius 2 is 2.18 bits per heavy atom. The highest BCUT2D eigenvalue weighted by Crippen LogP contribution is 2.25. The normalized spacial score (nSPS) is 13.8. The van der Waals surface area contributed by atoms with Crippen LogP contribution >= 0.6 is 43.2 Å². The standard InChI is InChI=1S/C10H15Br2NO2S2/c1-8(7-11)3-2-6-13-17(14,15)10-5-4-9(12)16-10/h4-5,8,13H,2-3,6-7H2,1H3. The van der Waals surface area contributed by atoms with Crippen LogP contribution in [-0.4, -0.2) is 20.3 Å². The van der Waals surface area contributed by atoms with Gasteiger partial charge < -0.3 is 0 Å². The van der Waals surface area contributed by atoms with Crippen molar-refractivity contribution in [3.8, 4) is 0 Å². The largest absolute Gasteiger partial charge is 0.250 e. The summed E-state index contributed by atoms with van der Waals surface area (Å²) >= 11 is 7.88. The molecule has 1 aromatic rings. The lowest BCUT2D eigenvalue weighted by atomic mass is 10.1. The summed E-state index contributed by atoms with van der Waals surface area (Å²) in [6.07, 6.45) is 1.88. The first-order valence-electron chi connectivity index (χ1n) is 5.26. The highest BCUT2D eigenvalue weighted by atomic mass is 79.9. The number of thiophene rings is 1. The summed E-state index contributed by atoms with van der Waals surface area (Å²) in [5.41, 5.74) is 0. The zero-order valence-electron chi connectivity index (χ0n) is 9.45. The van der Waals surface area contributed by atoms with Gasteiger partial charge >= 0.3 is 0 Å². The highest BCUT2D eigenvalue weighted by Gasteiger charge is 2.15. The van der Waals surface area contributed by atoms with Crippen LogP contribution in [0.2, 0.25) is 0 Å². The minimum absolute atomic E-state index is 0.359. The Bertz CT molecular complexity index is 445. The number of nitrogens with one attached hydrogen (secondary N) is 1. The zero-order chi connectivity index (χ0) is 12.9. The SMILES string of the molecule is CC(CBr)CCCNS(=O)(=O)c1ccc(Br)s1. The van der Waals surface area contributed by atoms with Crippen molar-refractivity contribution < 1.29 is 8.42 Å². The third-order valence-electron chi connectivity index (χ3n) is 2.24. The lowest BCUT2D eigenvalue weighted by molar-refractivity contribution is 0.547. The first-order valence-corrected chi connectivity index (χ1v) is 9.48. The van der Waals surface area contributed by atoms with E-state index in [2.05, 4.69) is 43.5 Å². The first-order chi connectivity index (χ1) is 7.95. The molecular formula is C10H15Br2NO2S2. The van der Waals surface area contributed by atoms with Gasteiger partial charge in [-0.1, -0.05) is 22.9 Å². The Morgan fingerprint density at radius 1 is 1.47 bits per heavy atom. The predicted molar refractivity (Wildman–Crippen MR) is 79.4 cm³/mol. The first kappa shape index (κ1) is 15.6. The second-order valence-electron chi connectivity index (χ2n) is 3.86. The maximum Gasteiger partial charge on any atom is 0.250 e. The van der Waals surface area contributed by atoms with Crippen LogP contribution < -0.4 is 4.72 Å². The average molecular weight is 405 g/mol. The smallest absolute Gasteiger partial charge is 0.210 e. The Kier molecular flexibility index (Phi) is 6.65. The van der Waals surface area contributed by atoms with Crippen LogP contribution in [0.3, 0.4) is 0 Å². The van der Waals surface area contributed by atoms with Crippen LogP contribution in [0, 0.1) is 5.92 Å². The fourth-order valence-corrected chi connectivity index (χ4v) is 4.70. The van der Waals surface area contributed by atoms with E-state index < -0.39 is 10.0 Å². The summed E-state index contributed by atoms with van der Waals surface area (Å²) in [5, 5.41) is 0.956. The Hall–Kier alpha value is 0.570. The van der Waals surface area contributed by atoms with E-state index in [-0.39, 0.29) is 0 Å². The van der Waals surface area contributed by atoms with Gasteiger partial charge in [-0.15, -0.1) is 11.3 Å². The van der Waals surface area contributed by atoms with Crippen molar-refractivity contribution in [1.82, 2.24) is 4.72 Å². The lowest BCUT2D eigenvalue weighted by Gasteiger charge is -2.07. The van der Waals surface area contributed by atoms with Crippen molar-refractivity contribution in [2.24, 2.45) is 5.92 Å². The number of rotatable bonds is 7. The van der Waals surface area contributed by atoms with E-state index in [0.717, 1.165) is 22.0 Å². The molecule has 7 heteroatoms. The Morgan fingerprint density at radius 3 is 2.71 bits per heavy atom. The number of hydrogen-bond donors (Lipinski definition) is 1. The molecule has 0 aliphatic carbocycles. The zero-order valence-corrected chi connectivity index (χ0v) is 14.3. The van der Waals surface area contributed by atoms with Gasteiger partial charge in [-0.2, -0.15) is 0 Å². The molecule has 0 saturated heterocycles. The van der Waals surface area contributed by atoms with E-state index in [4.69, 9.17) is 0 Å². The van der Waals surface area contributed by atoms with Gasteiger partial charge in [0, 0.05) is 11.9 Å². The minimum atomic E-state index is -3.32. The van der Waals surface area contributed by atoms with E-state index in [9.17, 15) is 8.42 Å². The number of halogens is 2. The van der Waals surface area contributed by atoms with Crippen LogP contribution in [0.5, 0.6) is 0 Å². The fraction of sp³-hybridized carbons (Fsp3) is 0.600. The highest BCUT2D eigenvalue weighted by molar-refractivity contribution is 9.11. The van der Waals surface area contributed by atoms with Crippen molar-refractivity contribution in [2.75, 3.05) is 11.9 Å². The van der Waals surface area contributed by atoms with Crippen molar-refractivity contribution in [1.29, 1.82) is 0 Å². The van der Waals surface area contributed by atoms with Gasteiger partial charge in [-0.25, -0.2) is 13.1 Å². The molecule has 1 atom stereocenters. The van der Waals surface area contributed by atoms with Gasteiger partial charge in [-0.3, -0.25) is 0 Å². The van der Waals surface area contributed by atoms with Gasteiger partial charge in [0.1, 0.15) is 4.21 Å². The summed E-state index contributed by atoms with van der Waals surface area (Å²) in [7, 11) is -3.32. The summed E-state index contributed by atoms with van der Waals surface area (Å²) < 4.78 is 27.5. The Labute approximate surface area is 123 Å². The number of alkyl halides is 1. The average Bonchev–Trinajstić information content (AvgIpc) is 2.71. The van der Waals surface area contributed by atoms with E-state index in [1.54, 1.807) is 12.1 Å². The molecule has 1 rings (SSSR count). The quantitative estimate of drug-likeness (QED) is 0.557. The molecule has 0 aliphatic heterocycles. The van der Waals surface area contributed by atoms with E-state index in [1.165, 1.54) is 11.3 Å². The molecule has 0 bridgehead atoms. The summed E-state index contributed by atoms with van der Waals surface area (Å²) in [5.74, 6) is 0.579.